The Morgan fingerprint density at radius 3 is 1.40 bits per heavy atom. The van der Waals surface area contributed by atoms with Crippen LogP contribution in [0.25, 0.3) is 0 Å². The first-order valence-corrected chi connectivity index (χ1v) is 20.0. The van der Waals surface area contributed by atoms with Crippen molar-refractivity contribution in [3.63, 3.8) is 0 Å². The molecule has 2 N–H and O–H groups in total. The van der Waals surface area contributed by atoms with Gasteiger partial charge < -0.3 is 15.2 Å². The third kappa shape index (κ3) is 38.9. The highest BCUT2D eigenvalue weighted by Crippen LogP contribution is 2.16. The Balaban J connectivity index is 4.45. The Morgan fingerprint density at radius 1 is 0.500 bits per heavy atom. The molecule has 1 atom stereocenters. The van der Waals surface area contributed by atoms with E-state index in [1.165, 1.54) is 0 Å². The lowest BCUT2D eigenvalue weighted by molar-refractivity contribution is -0.149. The molecule has 0 aromatic rings. The van der Waals surface area contributed by atoms with E-state index in [0.717, 1.165) is 122 Å². The first-order chi connectivity index (χ1) is 25.5. The Kier molecular flexibility index (Phi) is 36.8. The van der Waals surface area contributed by atoms with Crippen molar-refractivity contribution in [2.24, 2.45) is 0 Å². The quantitative estimate of drug-likeness (QED) is 0.0393. The highest BCUT2D eigenvalue weighted by Gasteiger charge is 2.13. The van der Waals surface area contributed by atoms with Gasteiger partial charge in [-0.1, -0.05) is 142 Å². The summed E-state index contributed by atoms with van der Waals surface area (Å²) in [6.45, 7) is 3.96. The fourth-order valence-corrected chi connectivity index (χ4v) is 5.07. The van der Waals surface area contributed by atoms with Gasteiger partial charge in [0.05, 0.1) is 0 Å². The largest absolute Gasteiger partial charge is 0.480 e. The molecule has 0 saturated carbocycles. The average molecular weight is 718 g/mol. The molecule has 0 aromatic heterocycles. The lowest BCUT2D eigenvalue weighted by atomic mass is 10.0. The van der Waals surface area contributed by atoms with Crippen LogP contribution >= 0.6 is 0 Å². The maximum Gasteiger partial charge on any atom is 0.322 e. The number of amides is 1. The van der Waals surface area contributed by atoms with Crippen molar-refractivity contribution >= 4 is 17.8 Å². The van der Waals surface area contributed by atoms with E-state index in [2.05, 4.69) is 129 Å². The number of carbonyl (C=O) groups is 3. The van der Waals surface area contributed by atoms with E-state index < -0.39 is 5.97 Å². The molecule has 6 heteroatoms. The molecule has 0 aliphatic carbocycles. The minimum atomic E-state index is -1.03. The number of esters is 1. The summed E-state index contributed by atoms with van der Waals surface area (Å²) >= 11 is 0. The van der Waals surface area contributed by atoms with E-state index in [-0.39, 0.29) is 24.5 Å². The summed E-state index contributed by atoms with van der Waals surface area (Å²) in [6, 6.07) is 0. The van der Waals surface area contributed by atoms with Gasteiger partial charge in [0.25, 0.3) is 0 Å². The van der Waals surface area contributed by atoms with Gasteiger partial charge in [0.15, 0.2) is 0 Å². The van der Waals surface area contributed by atoms with E-state index in [1.807, 2.05) is 0 Å². The van der Waals surface area contributed by atoms with Gasteiger partial charge in [0, 0.05) is 12.8 Å². The summed E-state index contributed by atoms with van der Waals surface area (Å²) in [5, 5.41) is 11.1. The predicted octanol–water partition coefficient (Wildman–Crippen LogP) is 12.3. The standard InChI is InChI=1S/C46H71NO5/c1-3-5-7-9-11-13-15-17-18-19-20-22-24-26-28-33-37-41-46(51)52-43(39-35-31-29-32-36-40-44(48)47-42-45(49)50)38-34-30-27-25-23-21-16-14-12-10-8-6-4-2/h5-8,11-14,17-18,20-23,26-28,30,43H,3-4,9-10,15-16,19,24-25,29,31-42H2,1-2H3,(H,47,48)(H,49,50)/b7-5-,8-6-,13-11-,14-12-,18-17-,22-20-,23-21-,28-26-,30-27-. The van der Waals surface area contributed by atoms with Crippen molar-refractivity contribution < 1.29 is 24.2 Å². The van der Waals surface area contributed by atoms with Crippen LogP contribution in [-0.4, -0.2) is 35.6 Å². The number of hydrogen-bond acceptors (Lipinski definition) is 4. The van der Waals surface area contributed by atoms with E-state index in [4.69, 9.17) is 9.84 Å². The Morgan fingerprint density at radius 2 is 0.923 bits per heavy atom. The maximum atomic E-state index is 12.7. The van der Waals surface area contributed by atoms with Gasteiger partial charge in [-0.25, -0.2) is 0 Å². The van der Waals surface area contributed by atoms with Crippen LogP contribution in [0, 0.1) is 0 Å². The van der Waals surface area contributed by atoms with Crippen LogP contribution in [0.15, 0.2) is 109 Å². The van der Waals surface area contributed by atoms with Crippen LogP contribution in [0.2, 0.25) is 0 Å². The van der Waals surface area contributed by atoms with Crippen molar-refractivity contribution in [2.45, 2.75) is 155 Å². The van der Waals surface area contributed by atoms with Crippen molar-refractivity contribution in [2.75, 3.05) is 6.54 Å². The number of hydrogen-bond donors (Lipinski definition) is 2. The molecule has 0 spiro atoms. The molecule has 290 valence electrons. The molecular weight excluding hydrogens is 647 g/mol. The SMILES string of the molecule is CC/C=C\C/C=C\C/C=C\C/C=C\C/C=C\CCCC(=O)OC(CC/C=C\C/C=C\C/C=C\C/C=C\CC)CCCCCCCC(=O)NCC(=O)O. The zero-order chi connectivity index (χ0) is 38.0. The fraction of sp³-hybridized carbons (Fsp3) is 0.543. The second-order valence-corrected chi connectivity index (χ2v) is 12.8. The number of aliphatic carboxylic acids is 1. The number of ether oxygens (including phenoxy) is 1. The third-order valence-electron chi connectivity index (χ3n) is 7.95. The minimum absolute atomic E-state index is 0.0879. The molecule has 0 radical (unpaired) electrons. The summed E-state index contributed by atoms with van der Waals surface area (Å²) in [7, 11) is 0. The number of carboxylic acid groups (broad SMARTS) is 1. The van der Waals surface area contributed by atoms with Gasteiger partial charge in [-0.3, -0.25) is 14.4 Å². The second-order valence-electron chi connectivity index (χ2n) is 12.8. The van der Waals surface area contributed by atoms with Crippen LogP contribution in [0.1, 0.15) is 149 Å². The number of carbonyl (C=O) groups excluding carboxylic acids is 2. The van der Waals surface area contributed by atoms with Crippen molar-refractivity contribution in [1.82, 2.24) is 5.32 Å². The number of unbranched alkanes of at least 4 members (excludes halogenated alkanes) is 5. The van der Waals surface area contributed by atoms with Gasteiger partial charge in [0.2, 0.25) is 5.91 Å². The van der Waals surface area contributed by atoms with E-state index in [1.54, 1.807) is 0 Å². The highest BCUT2D eigenvalue weighted by atomic mass is 16.5. The molecule has 1 amide bonds. The van der Waals surface area contributed by atoms with Gasteiger partial charge in [-0.15, -0.1) is 0 Å². The van der Waals surface area contributed by atoms with Crippen molar-refractivity contribution in [3.8, 4) is 0 Å². The zero-order valence-corrected chi connectivity index (χ0v) is 32.6. The summed E-state index contributed by atoms with van der Waals surface area (Å²) in [6.07, 6.45) is 57.8. The highest BCUT2D eigenvalue weighted by molar-refractivity contribution is 5.80. The summed E-state index contributed by atoms with van der Waals surface area (Å²) in [5.74, 6) is -1.36. The Bertz CT molecular complexity index is 1150. The molecule has 0 aliphatic heterocycles. The normalized spacial score (nSPS) is 13.3. The Hall–Kier alpha value is -3.93. The van der Waals surface area contributed by atoms with E-state index in [9.17, 15) is 14.4 Å². The molecule has 0 aromatic carbocycles. The van der Waals surface area contributed by atoms with E-state index in [0.29, 0.717) is 12.8 Å². The molecule has 0 heterocycles. The van der Waals surface area contributed by atoms with Gasteiger partial charge in [0.1, 0.15) is 12.6 Å². The maximum absolute atomic E-state index is 12.7. The number of rotatable bonds is 34. The molecule has 0 bridgehead atoms. The molecule has 0 saturated heterocycles. The molecule has 0 aliphatic rings. The molecule has 0 fully saturated rings. The number of nitrogens with one attached hydrogen (secondary N) is 1. The van der Waals surface area contributed by atoms with Gasteiger partial charge in [-0.05, 0) is 103 Å². The second kappa shape index (κ2) is 39.8. The number of carboxylic acids is 1. The monoisotopic (exact) mass is 718 g/mol. The van der Waals surface area contributed by atoms with Crippen LogP contribution < -0.4 is 5.32 Å². The molecular formula is C46H71NO5. The summed E-state index contributed by atoms with van der Waals surface area (Å²) < 4.78 is 5.94. The molecule has 52 heavy (non-hydrogen) atoms. The molecule has 6 nitrogen and oxygen atoms in total. The first-order valence-electron chi connectivity index (χ1n) is 20.0. The minimum Gasteiger partial charge on any atom is -0.480 e. The smallest absolute Gasteiger partial charge is 0.322 e. The third-order valence-corrected chi connectivity index (χ3v) is 7.95. The number of allylic oxidation sites excluding steroid dienone is 18. The molecule has 1 unspecified atom stereocenters. The van der Waals surface area contributed by atoms with Crippen LogP contribution in [0.4, 0.5) is 0 Å². The van der Waals surface area contributed by atoms with Crippen molar-refractivity contribution in [1.29, 1.82) is 0 Å². The average Bonchev–Trinajstić information content (AvgIpc) is 3.13. The lowest BCUT2D eigenvalue weighted by Gasteiger charge is -2.17. The Labute approximate surface area is 317 Å². The fourth-order valence-electron chi connectivity index (χ4n) is 5.07. The first kappa shape index (κ1) is 48.1. The van der Waals surface area contributed by atoms with Crippen LogP contribution in [-0.2, 0) is 19.1 Å². The molecule has 0 rings (SSSR count). The summed E-state index contributed by atoms with van der Waals surface area (Å²) in [5.41, 5.74) is 0. The van der Waals surface area contributed by atoms with Crippen LogP contribution in [0.5, 0.6) is 0 Å². The van der Waals surface area contributed by atoms with Gasteiger partial charge >= 0.3 is 11.9 Å². The lowest BCUT2D eigenvalue weighted by Crippen LogP contribution is -2.28. The van der Waals surface area contributed by atoms with Crippen molar-refractivity contribution in [3.05, 3.63) is 109 Å². The van der Waals surface area contributed by atoms with Crippen LogP contribution in [0.3, 0.4) is 0 Å². The van der Waals surface area contributed by atoms with E-state index >= 15 is 0 Å². The summed E-state index contributed by atoms with van der Waals surface area (Å²) in [4.78, 5) is 35.0. The predicted molar refractivity (Wildman–Crippen MR) is 221 cm³/mol. The topological polar surface area (TPSA) is 92.7 Å². The van der Waals surface area contributed by atoms with Gasteiger partial charge in [-0.2, -0.15) is 0 Å². The zero-order valence-electron chi connectivity index (χ0n) is 32.6.